The standard InChI is InChI=1S/C47H31N3/c1-4-15-32(16-5-1)38-29-30-39(43-26-13-12-25-42(38)43)36-22-14-23-37(31-36)46-48-45(35-20-8-3-9-21-35)49-47(50-46)44-40-24-11-10-19-34(40)27-28-41(44)33-17-6-2-7-18-33/h1-31H. The van der Waals surface area contributed by atoms with Gasteiger partial charge in [0.05, 0.1) is 0 Å². The lowest BCUT2D eigenvalue weighted by Gasteiger charge is -2.15. The van der Waals surface area contributed by atoms with Crippen LogP contribution in [0.4, 0.5) is 0 Å². The number of nitrogens with zero attached hydrogens (tertiary/aromatic N) is 3. The summed E-state index contributed by atoms with van der Waals surface area (Å²) in [6, 6.07) is 65.8. The quantitative estimate of drug-likeness (QED) is 0.182. The summed E-state index contributed by atoms with van der Waals surface area (Å²) in [6.07, 6.45) is 0. The van der Waals surface area contributed by atoms with Gasteiger partial charge in [0.2, 0.25) is 0 Å². The SMILES string of the molecule is c1ccc(-c2nc(-c3cccc(-c4ccc(-c5ccccc5)c5ccccc45)c3)nc(-c3c(-c4ccccc4)ccc4ccccc34)n2)cc1. The van der Waals surface area contributed by atoms with Gasteiger partial charge in [0.25, 0.3) is 0 Å². The van der Waals surface area contributed by atoms with Crippen molar-refractivity contribution in [2.24, 2.45) is 0 Å². The predicted octanol–water partition coefficient (Wildman–Crippen LogP) is 12.2. The topological polar surface area (TPSA) is 38.7 Å². The molecule has 0 bridgehead atoms. The molecule has 0 unspecified atom stereocenters. The van der Waals surface area contributed by atoms with Gasteiger partial charge in [-0.15, -0.1) is 0 Å². The van der Waals surface area contributed by atoms with Crippen molar-refractivity contribution in [1.82, 2.24) is 15.0 Å². The molecule has 1 aromatic heterocycles. The summed E-state index contributed by atoms with van der Waals surface area (Å²) >= 11 is 0. The van der Waals surface area contributed by atoms with Crippen LogP contribution in [0.1, 0.15) is 0 Å². The van der Waals surface area contributed by atoms with E-state index in [1.807, 2.05) is 24.3 Å². The Labute approximate surface area is 291 Å². The van der Waals surface area contributed by atoms with Crippen molar-refractivity contribution < 1.29 is 0 Å². The van der Waals surface area contributed by atoms with Crippen LogP contribution in [0.3, 0.4) is 0 Å². The average Bonchev–Trinajstić information content (AvgIpc) is 3.21. The highest BCUT2D eigenvalue weighted by molar-refractivity contribution is 6.05. The summed E-state index contributed by atoms with van der Waals surface area (Å²) in [5.74, 6) is 1.92. The molecule has 1 heterocycles. The van der Waals surface area contributed by atoms with E-state index in [1.54, 1.807) is 0 Å². The summed E-state index contributed by atoms with van der Waals surface area (Å²) < 4.78 is 0. The normalized spacial score (nSPS) is 11.2. The van der Waals surface area contributed by atoms with Gasteiger partial charge in [-0.3, -0.25) is 0 Å². The van der Waals surface area contributed by atoms with Crippen LogP contribution in [0.5, 0.6) is 0 Å². The van der Waals surface area contributed by atoms with Crippen LogP contribution in [0.25, 0.3) is 89.1 Å². The molecule has 9 aromatic rings. The Morgan fingerprint density at radius 2 is 0.700 bits per heavy atom. The number of hydrogen-bond acceptors (Lipinski definition) is 3. The molecule has 0 saturated heterocycles. The third kappa shape index (κ3) is 5.41. The first kappa shape index (κ1) is 29.4. The van der Waals surface area contributed by atoms with Gasteiger partial charge in [0.1, 0.15) is 0 Å². The lowest BCUT2D eigenvalue weighted by Crippen LogP contribution is -2.02. The lowest BCUT2D eigenvalue weighted by molar-refractivity contribution is 1.08. The fraction of sp³-hybridized carbons (Fsp3) is 0. The molecule has 0 aliphatic heterocycles. The fourth-order valence-corrected chi connectivity index (χ4v) is 6.95. The van der Waals surface area contributed by atoms with Crippen LogP contribution >= 0.6 is 0 Å². The largest absolute Gasteiger partial charge is 0.208 e. The first-order valence-electron chi connectivity index (χ1n) is 16.9. The van der Waals surface area contributed by atoms with Crippen LogP contribution in [-0.2, 0) is 0 Å². The van der Waals surface area contributed by atoms with Crippen LogP contribution in [-0.4, -0.2) is 15.0 Å². The van der Waals surface area contributed by atoms with Crippen molar-refractivity contribution in [3.63, 3.8) is 0 Å². The molecule has 0 aliphatic carbocycles. The second-order valence-electron chi connectivity index (χ2n) is 12.4. The molecule has 8 aromatic carbocycles. The third-order valence-electron chi connectivity index (χ3n) is 9.35. The van der Waals surface area contributed by atoms with E-state index in [2.05, 4.69) is 164 Å². The maximum Gasteiger partial charge on any atom is 0.165 e. The highest BCUT2D eigenvalue weighted by Gasteiger charge is 2.19. The van der Waals surface area contributed by atoms with E-state index < -0.39 is 0 Å². The number of hydrogen-bond donors (Lipinski definition) is 0. The van der Waals surface area contributed by atoms with E-state index in [0.717, 1.165) is 44.2 Å². The fourth-order valence-electron chi connectivity index (χ4n) is 6.95. The summed E-state index contributed by atoms with van der Waals surface area (Å²) in [5, 5.41) is 4.66. The number of rotatable bonds is 6. The van der Waals surface area contributed by atoms with Crippen molar-refractivity contribution in [3.8, 4) is 67.5 Å². The minimum Gasteiger partial charge on any atom is -0.208 e. The molecule has 234 valence electrons. The molecular weight excluding hydrogens is 607 g/mol. The van der Waals surface area contributed by atoms with Gasteiger partial charge in [0, 0.05) is 16.7 Å². The van der Waals surface area contributed by atoms with E-state index in [0.29, 0.717) is 17.5 Å². The van der Waals surface area contributed by atoms with Gasteiger partial charge in [-0.2, -0.15) is 0 Å². The zero-order valence-corrected chi connectivity index (χ0v) is 27.2. The minimum absolute atomic E-state index is 0.632. The molecule has 0 fully saturated rings. The number of fused-ring (bicyclic) bond motifs is 2. The Morgan fingerprint density at radius 3 is 1.36 bits per heavy atom. The van der Waals surface area contributed by atoms with Crippen molar-refractivity contribution in [1.29, 1.82) is 0 Å². The summed E-state index contributed by atoms with van der Waals surface area (Å²) in [6.45, 7) is 0. The Hall–Kier alpha value is -6.71. The molecule has 3 heteroatoms. The second-order valence-corrected chi connectivity index (χ2v) is 12.4. The van der Waals surface area contributed by atoms with Crippen LogP contribution in [0, 0.1) is 0 Å². The molecule has 0 amide bonds. The van der Waals surface area contributed by atoms with Gasteiger partial charge in [-0.25, -0.2) is 15.0 Å². The van der Waals surface area contributed by atoms with Gasteiger partial charge in [0.15, 0.2) is 17.5 Å². The zero-order valence-electron chi connectivity index (χ0n) is 27.2. The van der Waals surface area contributed by atoms with Crippen molar-refractivity contribution in [3.05, 3.63) is 188 Å². The highest BCUT2D eigenvalue weighted by Crippen LogP contribution is 2.39. The van der Waals surface area contributed by atoms with Gasteiger partial charge < -0.3 is 0 Å². The summed E-state index contributed by atoms with van der Waals surface area (Å²) in [5.41, 5.74) is 9.77. The van der Waals surface area contributed by atoms with Gasteiger partial charge in [-0.1, -0.05) is 182 Å². The van der Waals surface area contributed by atoms with Crippen molar-refractivity contribution in [2.75, 3.05) is 0 Å². The van der Waals surface area contributed by atoms with E-state index in [1.165, 1.54) is 27.5 Å². The molecule has 0 aliphatic rings. The first-order chi connectivity index (χ1) is 24.8. The Morgan fingerprint density at radius 1 is 0.260 bits per heavy atom. The Kier molecular flexibility index (Phi) is 7.49. The molecule has 0 spiro atoms. The van der Waals surface area contributed by atoms with E-state index in [-0.39, 0.29) is 0 Å². The van der Waals surface area contributed by atoms with Crippen LogP contribution < -0.4 is 0 Å². The van der Waals surface area contributed by atoms with Gasteiger partial charge in [-0.05, 0) is 61.0 Å². The zero-order chi connectivity index (χ0) is 33.3. The molecular formula is C47H31N3. The van der Waals surface area contributed by atoms with E-state index in [4.69, 9.17) is 15.0 Å². The number of aromatic nitrogens is 3. The number of benzene rings is 8. The maximum atomic E-state index is 5.26. The molecule has 0 atom stereocenters. The average molecular weight is 638 g/mol. The Bertz CT molecular complexity index is 2630. The molecule has 0 N–H and O–H groups in total. The van der Waals surface area contributed by atoms with Crippen molar-refractivity contribution in [2.45, 2.75) is 0 Å². The summed E-state index contributed by atoms with van der Waals surface area (Å²) in [4.78, 5) is 15.5. The predicted molar refractivity (Wildman–Crippen MR) is 207 cm³/mol. The molecule has 9 rings (SSSR count). The molecule has 3 nitrogen and oxygen atoms in total. The highest BCUT2D eigenvalue weighted by atomic mass is 15.0. The first-order valence-corrected chi connectivity index (χ1v) is 16.9. The molecule has 0 radical (unpaired) electrons. The molecule has 0 saturated carbocycles. The lowest BCUT2D eigenvalue weighted by atomic mass is 9.91. The van der Waals surface area contributed by atoms with Crippen molar-refractivity contribution >= 4 is 21.5 Å². The van der Waals surface area contributed by atoms with Crippen LogP contribution in [0.2, 0.25) is 0 Å². The monoisotopic (exact) mass is 637 g/mol. The Balaban J connectivity index is 1.25. The second kappa shape index (κ2) is 12.7. The maximum absolute atomic E-state index is 5.26. The third-order valence-corrected chi connectivity index (χ3v) is 9.35. The van der Waals surface area contributed by atoms with Crippen LogP contribution in [0.15, 0.2) is 188 Å². The van der Waals surface area contributed by atoms with E-state index in [9.17, 15) is 0 Å². The molecule has 50 heavy (non-hydrogen) atoms. The van der Waals surface area contributed by atoms with E-state index >= 15 is 0 Å². The smallest absolute Gasteiger partial charge is 0.165 e. The summed E-state index contributed by atoms with van der Waals surface area (Å²) in [7, 11) is 0. The van der Waals surface area contributed by atoms with Gasteiger partial charge >= 0.3 is 0 Å². The minimum atomic E-state index is 0.632.